The average Bonchev–Trinajstić information content (AvgIpc) is 3.01. The van der Waals surface area contributed by atoms with Gasteiger partial charge in [0.1, 0.15) is 18.1 Å². The lowest BCUT2D eigenvalue weighted by Crippen LogP contribution is -2.59. The van der Waals surface area contributed by atoms with E-state index in [1.807, 2.05) is 13.0 Å². The number of aliphatic hydroxyl groups excluding tert-OH is 6. The predicted octanol–water partition coefficient (Wildman–Crippen LogP) is -0.678. The Hall–Kier alpha value is -2.80. The summed E-state index contributed by atoms with van der Waals surface area (Å²) in [7, 11) is 0. The lowest BCUT2D eigenvalue weighted by Gasteiger charge is -2.45. The molecule has 0 aromatic heterocycles. The van der Waals surface area contributed by atoms with Crippen molar-refractivity contribution in [2.75, 3.05) is 6.61 Å². The number of carbonyl (C=O) groups excluding carboxylic acids is 1. The minimum absolute atomic E-state index is 0.118. The molecule has 276 valence electrons. The van der Waals surface area contributed by atoms with Crippen LogP contribution in [0.25, 0.3) is 0 Å². The predicted molar refractivity (Wildman–Crippen MR) is 173 cm³/mol. The van der Waals surface area contributed by atoms with Crippen LogP contribution < -0.4 is 5.73 Å². The molecule has 0 aromatic rings. The van der Waals surface area contributed by atoms with Crippen molar-refractivity contribution in [1.82, 2.24) is 0 Å². The first-order valence-electron chi connectivity index (χ1n) is 16.4. The molecule has 3 heterocycles. The number of fused-ring (bicyclic) bond motifs is 2. The maximum atomic E-state index is 12.4. The standard InChI is InChI=1S/C34H51NO14/c1-3-20-10-8-6-4-5-7-9-11-22(48-33-31(42)30(35)26(40)18-46-33)15-27-29(32(43)44)25(39)17-34(45,49-27)16-21(36)14-24(38)23(37)12-13-28(41)47-19(20)2/h4-13,19-27,29-31,33,36-40,42,45H,3,14-18,35H2,1-2H3,(H,43,44)/b6-4+,7-5+,10-8+,11-9+,13-12+/t19-,20+,21+,22+,23-,24-,25+,26-,27+,29-,30+,31+,33+,34-/m1/s1. The van der Waals surface area contributed by atoms with E-state index in [4.69, 9.17) is 24.7 Å². The number of aliphatic carboxylic acids is 1. The number of carboxylic acid groups (broad SMARTS) is 1. The van der Waals surface area contributed by atoms with Crippen LogP contribution in [-0.4, -0.2) is 132 Å². The van der Waals surface area contributed by atoms with Gasteiger partial charge in [0, 0.05) is 37.7 Å². The van der Waals surface area contributed by atoms with Crippen LogP contribution in [0.2, 0.25) is 0 Å². The molecular weight excluding hydrogens is 646 g/mol. The van der Waals surface area contributed by atoms with Crippen LogP contribution in [-0.2, 0) is 28.5 Å². The van der Waals surface area contributed by atoms with Crippen molar-refractivity contribution in [3.05, 3.63) is 60.8 Å². The number of esters is 1. The fourth-order valence-electron chi connectivity index (χ4n) is 6.03. The first-order valence-corrected chi connectivity index (χ1v) is 16.4. The van der Waals surface area contributed by atoms with Crippen molar-refractivity contribution >= 4 is 11.9 Å². The second kappa shape index (κ2) is 19.0. The minimum Gasteiger partial charge on any atom is -0.481 e. The van der Waals surface area contributed by atoms with Crippen LogP contribution in [0.4, 0.5) is 0 Å². The van der Waals surface area contributed by atoms with Crippen LogP contribution in [0.15, 0.2) is 60.8 Å². The van der Waals surface area contributed by atoms with Crippen LogP contribution >= 0.6 is 0 Å². The summed E-state index contributed by atoms with van der Waals surface area (Å²) in [6, 6.07) is -1.09. The molecule has 0 aliphatic carbocycles. The summed E-state index contributed by atoms with van der Waals surface area (Å²) in [6.07, 6.45) is 1.19. The molecule has 14 atom stereocenters. The van der Waals surface area contributed by atoms with Gasteiger partial charge in [0.15, 0.2) is 12.1 Å². The Labute approximate surface area is 285 Å². The van der Waals surface area contributed by atoms with Crippen molar-refractivity contribution in [2.45, 2.75) is 119 Å². The highest BCUT2D eigenvalue weighted by Gasteiger charge is 2.50. The van der Waals surface area contributed by atoms with E-state index < -0.39 is 110 Å². The number of ether oxygens (including phenoxy) is 4. The van der Waals surface area contributed by atoms with E-state index in [-0.39, 0.29) is 18.9 Å². The fourth-order valence-corrected chi connectivity index (χ4v) is 6.03. The Morgan fingerprint density at radius 1 is 0.939 bits per heavy atom. The number of carboxylic acids is 1. The topological polar surface area (TPSA) is 259 Å². The number of allylic oxidation sites excluding steroid dienone is 6. The molecule has 3 rings (SSSR count). The maximum absolute atomic E-state index is 12.4. The quantitative estimate of drug-likeness (QED) is 0.165. The van der Waals surface area contributed by atoms with Gasteiger partial charge in [0.05, 0.1) is 55.4 Å². The third kappa shape index (κ3) is 12.2. The summed E-state index contributed by atoms with van der Waals surface area (Å²) in [4.78, 5) is 24.6. The normalized spacial score (nSPS) is 45.2. The van der Waals surface area contributed by atoms with Gasteiger partial charge < -0.3 is 65.5 Å². The summed E-state index contributed by atoms with van der Waals surface area (Å²) in [6.45, 7) is 3.43. The first-order chi connectivity index (χ1) is 23.1. The molecule has 15 nitrogen and oxygen atoms in total. The van der Waals surface area contributed by atoms with E-state index in [2.05, 4.69) is 0 Å². The second-order valence-electron chi connectivity index (χ2n) is 12.7. The molecule has 0 spiro atoms. The molecule has 2 fully saturated rings. The number of aliphatic hydroxyl groups is 7. The first kappa shape index (κ1) is 40.6. The van der Waals surface area contributed by atoms with Gasteiger partial charge in [-0.3, -0.25) is 4.79 Å². The zero-order valence-electron chi connectivity index (χ0n) is 27.6. The number of cyclic esters (lactones) is 1. The number of nitrogens with two attached hydrogens (primary N) is 1. The average molecular weight is 698 g/mol. The molecule has 15 heteroatoms. The largest absolute Gasteiger partial charge is 0.481 e. The Morgan fingerprint density at radius 3 is 2.24 bits per heavy atom. The molecule has 2 bridgehead atoms. The Kier molecular flexibility index (Phi) is 15.7. The number of rotatable bonds is 4. The third-order valence-electron chi connectivity index (χ3n) is 8.83. The molecule has 3 aliphatic rings. The molecule has 0 amide bonds. The maximum Gasteiger partial charge on any atom is 0.330 e. The van der Waals surface area contributed by atoms with E-state index in [0.29, 0.717) is 6.42 Å². The number of hydrogen-bond acceptors (Lipinski definition) is 14. The van der Waals surface area contributed by atoms with Gasteiger partial charge in [-0.05, 0) is 19.4 Å². The summed E-state index contributed by atoms with van der Waals surface area (Å²) >= 11 is 0. The van der Waals surface area contributed by atoms with Crippen LogP contribution in [0.1, 0.15) is 46.0 Å². The molecule has 0 aromatic carbocycles. The highest BCUT2D eigenvalue weighted by Crippen LogP contribution is 2.38. The smallest absolute Gasteiger partial charge is 0.330 e. The zero-order chi connectivity index (χ0) is 36.3. The van der Waals surface area contributed by atoms with Crippen molar-refractivity contribution in [1.29, 1.82) is 0 Å². The molecule has 2 saturated heterocycles. The summed E-state index contributed by atoms with van der Waals surface area (Å²) in [5, 5.41) is 84.3. The lowest BCUT2D eigenvalue weighted by molar-refractivity contribution is -0.305. The highest BCUT2D eigenvalue weighted by atomic mass is 16.7. The van der Waals surface area contributed by atoms with E-state index in [1.165, 1.54) is 6.08 Å². The van der Waals surface area contributed by atoms with Gasteiger partial charge in [-0.15, -0.1) is 0 Å². The van der Waals surface area contributed by atoms with Crippen molar-refractivity contribution in [2.24, 2.45) is 17.6 Å². The fraction of sp³-hybridized carbons (Fsp3) is 0.647. The minimum atomic E-state index is -2.26. The van der Waals surface area contributed by atoms with Crippen molar-refractivity contribution < 1.29 is 69.4 Å². The highest BCUT2D eigenvalue weighted by molar-refractivity contribution is 5.82. The molecule has 10 N–H and O–H groups in total. The Morgan fingerprint density at radius 2 is 1.59 bits per heavy atom. The van der Waals surface area contributed by atoms with Crippen LogP contribution in [0.5, 0.6) is 0 Å². The number of carbonyl (C=O) groups is 2. The van der Waals surface area contributed by atoms with Gasteiger partial charge in [0.25, 0.3) is 0 Å². The van der Waals surface area contributed by atoms with Crippen molar-refractivity contribution in [3.63, 3.8) is 0 Å². The number of hydrogen-bond donors (Lipinski definition) is 9. The van der Waals surface area contributed by atoms with Crippen molar-refractivity contribution in [3.8, 4) is 0 Å². The molecule has 3 aliphatic heterocycles. The van der Waals surface area contributed by atoms with E-state index >= 15 is 0 Å². The Bertz CT molecular complexity index is 1220. The monoisotopic (exact) mass is 697 g/mol. The van der Waals surface area contributed by atoms with Gasteiger partial charge in [-0.25, -0.2) is 4.79 Å². The van der Waals surface area contributed by atoms with Crippen LogP contribution in [0.3, 0.4) is 0 Å². The van der Waals surface area contributed by atoms with Gasteiger partial charge in [-0.2, -0.15) is 0 Å². The van der Waals surface area contributed by atoms with Crippen LogP contribution in [0, 0.1) is 11.8 Å². The zero-order valence-corrected chi connectivity index (χ0v) is 27.6. The third-order valence-corrected chi connectivity index (χ3v) is 8.83. The molecular formula is C34H51NO14. The van der Waals surface area contributed by atoms with E-state index in [9.17, 15) is 50.4 Å². The summed E-state index contributed by atoms with van der Waals surface area (Å²) in [5.74, 6) is -6.08. The van der Waals surface area contributed by atoms with E-state index in [0.717, 1.165) is 12.2 Å². The SMILES string of the molecule is CC[C@H]1/C=C/C=C/C=C/C=C/[C@H](O[C@@H]2OC[C@@H](O)[C@H](N)[C@@H]2O)C[C@@H]2O[C@](O)(C[C@@H](O)C[C@@H](O)[C@H](O)/C=C/C(=O)O[C@@H]1C)C[C@H](O)[C@H]2C(=O)O. The second-order valence-corrected chi connectivity index (χ2v) is 12.7. The van der Waals surface area contributed by atoms with Gasteiger partial charge in [-0.1, -0.05) is 55.5 Å². The Balaban J connectivity index is 1.94. The molecule has 0 saturated carbocycles. The summed E-state index contributed by atoms with van der Waals surface area (Å²) in [5.41, 5.74) is 5.88. The summed E-state index contributed by atoms with van der Waals surface area (Å²) < 4.78 is 22.7. The van der Waals surface area contributed by atoms with E-state index in [1.54, 1.807) is 43.4 Å². The van der Waals surface area contributed by atoms with Gasteiger partial charge >= 0.3 is 11.9 Å². The molecule has 0 unspecified atom stereocenters. The molecule has 49 heavy (non-hydrogen) atoms. The van der Waals surface area contributed by atoms with Gasteiger partial charge in [0.2, 0.25) is 0 Å². The lowest BCUT2D eigenvalue weighted by atomic mass is 9.82. The molecule has 0 radical (unpaired) electrons.